The van der Waals surface area contributed by atoms with Gasteiger partial charge in [-0.1, -0.05) is 42.5 Å². The molecule has 1 aromatic heterocycles. The van der Waals surface area contributed by atoms with Crippen molar-refractivity contribution < 1.29 is 19.1 Å². The monoisotopic (exact) mass is 494 g/mol. The molecule has 7 heteroatoms. The molecule has 0 unspecified atom stereocenters. The summed E-state index contributed by atoms with van der Waals surface area (Å²) in [6, 6.07) is 21.2. The van der Waals surface area contributed by atoms with E-state index in [0.717, 1.165) is 10.4 Å². The standard InChI is InChI=1S/C28H34N2O4S/c1-4-34-18-10-17-29(28(32)25-13-8-9-14-26(25)33-3)21-27(31)30(19-23-11-6-5-7-12-23)20-24-16-15-22(2)35-24/h5-9,11-16H,4,10,17-21H2,1-3H3. The highest BCUT2D eigenvalue weighted by Crippen LogP contribution is 2.21. The Morgan fingerprint density at radius 3 is 2.34 bits per heavy atom. The summed E-state index contributed by atoms with van der Waals surface area (Å²) in [4.78, 5) is 32.9. The van der Waals surface area contributed by atoms with Crippen LogP contribution in [0.15, 0.2) is 66.7 Å². The van der Waals surface area contributed by atoms with Crippen LogP contribution in [0, 0.1) is 6.92 Å². The van der Waals surface area contributed by atoms with Crippen molar-refractivity contribution in [1.29, 1.82) is 0 Å². The van der Waals surface area contributed by atoms with E-state index < -0.39 is 0 Å². The van der Waals surface area contributed by atoms with Crippen molar-refractivity contribution in [2.75, 3.05) is 33.4 Å². The molecule has 0 bridgehead atoms. The van der Waals surface area contributed by atoms with Gasteiger partial charge >= 0.3 is 0 Å². The summed E-state index contributed by atoms with van der Waals surface area (Å²) >= 11 is 1.68. The first kappa shape index (κ1) is 26.4. The number of carbonyl (C=O) groups is 2. The van der Waals surface area contributed by atoms with Crippen molar-refractivity contribution in [3.8, 4) is 5.75 Å². The summed E-state index contributed by atoms with van der Waals surface area (Å²) in [7, 11) is 1.54. The maximum absolute atomic E-state index is 13.6. The Kier molecular flexibility index (Phi) is 10.3. The third-order valence-electron chi connectivity index (χ3n) is 5.58. The first-order chi connectivity index (χ1) is 17.0. The van der Waals surface area contributed by atoms with E-state index in [1.807, 2.05) is 48.2 Å². The molecule has 35 heavy (non-hydrogen) atoms. The van der Waals surface area contributed by atoms with Crippen LogP contribution in [0.5, 0.6) is 5.75 Å². The normalized spacial score (nSPS) is 10.7. The van der Waals surface area contributed by atoms with Gasteiger partial charge in [-0.2, -0.15) is 0 Å². The molecule has 2 amide bonds. The molecule has 0 aliphatic carbocycles. The number of para-hydroxylation sites is 1. The number of benzene rings is 2. The molecule has 0 atom stereocenters. The fraction of sp³-hybridized carbons (Fsp3) is 0.357. The Balaban J connectivity index is 1.82. The minimum absolute atomic E-state index is 0.0137. The van der Waals surface area contributed by atoms with Crippen molar-refractivity contribution in [3.05, 3.63) is 87.6 Å². The van der Waals surface area contributed by atoms with Gasteiger partial charge in [-0.15, -0.1) is 11.3 Å². The third-order valence-corrected chi connectivity index (χ3v) is 6.57. The van der Waals surface area contributed by atoms with E-state index >= 15 is 0 Å². The van der Waals surface area contributed by atoms with Gasteiger partial charge in [-0.05, 0) is 50.1 Å². The Morgan fingerprint density at radius 1 is 0.914 bits per heavy atom. The minimum atomic E-state index is -0.223. The van der Waals surface area contributed by atoms with Gasteiger partial charge in [0.2, 0.25) is 5.91 Å². The molecule has 0 radical (unpaired) electrons. The summed E-state index contributed by atoms with van der Waals surface area (Å²) in [5, 5.41) is 0. The molecule has 186 valence electrons. The fourth-order valence-corrected chi connectivity index (χ4v) is 4.71. The van der Waals surface area contributed by atoms with Gasteiger partial charge in [-0.25, -0.2) is 0 Å². The highest BCUT2D eigenvalue weighted by Gasteiger charge is 2.24. The van der Waals surface area contributed by atoms with Crippen LogP contribution in [0.4, 0.5) is 0 Å². The van der Waals surface area contributed by atoms with Crippen molar-refractivity contribution in [2.45, 2.75) is 33.4 Å². The molecule has 3 aromatic rings. The second kappa shape index (κ2) is 13.7. The van der Waals surface area contributed by atoms with E-state index in [4.69, 9.17) is 9.47 Å². The van der Waals surface area contributed by atoms with Gasteiger partial charge in [0.05, 0.1) is 19.2 Å². The molecule has 0 saturated carbocycles. The first-order valence-electron chi connectivity index (χ1n) is 11.9. The second-order valence-corrected chi connectivity index (χ2v) is 9.60. The number of hydrogen-bond acceptors (Lipinski definition) is 5. The molecule has 0 spiro atoms. The number of nitrogens with zero attached hydrogens (tertiary/aromatic N) is 2. The Hall–Kier alpha value is -3.16. The SMILES string of the molecule is CCOCCCN(CC(=O)N(Cc1ccccc1)Cc1ccc(C)s1)C(=O)c1ccccc1OC. The maximum atomic E-state index is 13.6. The Morgan fingerprint density at radius 2 is 1.66 bits per heavy atom. The average Bonchev–Trinajstić information content (AvgIpc) is 3.30. The van der Waals surface area contributed by atoms with Crippen LogP contribution in [0.25, 0.3) is 0 Å². The minimum Gasteiger partial charge on any atom is -0.496 e. The van der Waals surface area contributed by atoms with E-state index in [0.29, 0.717) is 50.6 Å². The molecule has 1 heterocycles. The number of carbonyl (C=O) groups excluding carboxylic acids is 2. The summed E-state index contributed by atoms with van der Waals surface area (Å²) < 4.78 is 10.9. The first-order valence-corrected chi connectivity index (χ1v) is 12.7. The summed E-state index contributed by atoms with van der Waals surface area (Å²) in [5.41, 5.74) is 1.50. The highest BCUT2D eigenvalue weighted by atomic mass is 32.1. The lowest BCUT2D eigenvalue weighted by Crippen LogP contribution is -2.43. The van der Waals surface area contributed by atoms with Crippen LogP contribution in [-0.4, -0.2) is 55.0 Å². The fourth-order valence-electron chi connectivity index (χ4n) is 3.80. The van der Waals surface area contributed by atoms with Crippen LogP contribution < -0.4 is 4.74 Å². The van der Waals surface area contributed by atoms with Crippen LogP contribution in [-0.2, 0) is 22.6 Å². The summed E-state index contributed by atoms with van der Waals surface area (Å²) in [6.45, 7) is 6.53. The number of aryl methyl sites for hydroxylation is 1. The van der Waals surface area contributed by atoms with Gasteiger partial charge in [-0.3, -0.25) is 9.59 Å². The highest BCUT2D eigenvalue weighted by molar-refractivity contribution is 7.11. The van der Waals surface area contributed by atoms with Crippen LogP contribution in [0.2, 0.25) is 0 Å². The Labute approximate surface area is 212 Å². The van der Waals surface area contributed by atoms with Gasteiger partial charge in [0.25, 0.3) is 5.91 Å². The second-order valence-electron chi connectivity index (χ2n) is 8.23. The predicted molar refractivity (Wildman–Crippen MR) is 140 cm³/mol. The molecular weight excluding hydrogens is 460 g/mol. The topological polar surface area (TPSA) is 59.1 Å². The van der Waals surface area contributed by atoms with Gasteiger partial charge in [0.1, 0.15) is 12.3 Å². The maximum Gasteiger partial charge on any atom is 0.258 e. The number of amides is 2. The molecule has 3 rings (SSSR count). The smallest absolute Gasteiger partial charge is 0.258 e. The van der Waals surface area contributed by atoms with Crippen molar-refractivity contribution in [3.63, 3.8) is 0 Å². The van der Waals surface area contributed by atoms with Gasteiger partial charge in [0, 0.05) is 36.1 Å². The van der Waals surface area contributed by atoms with Crippen LogP contribution in [0.3, 0.4) is 0 Å². The van der Waals surface area contributed by atoms with E-state index in [1.165, 1.54) is 4.88 Å². The van der Waals surface area contributed by atoms with Gasteiger partial charge in [0.15, 0.2) is 0 Å². The van der Waals surface area contributed by atoms with Crippen molar-refractivity contribution >= 4 is 23.2 Å². The largest absolute Gasteiger partial charge is 0.496 e. The molecule has 0 aliphatic heterocycles. The summed E-state index contributed by atoms with van der Waals surface area (Å²) in [6.07, 6.45) is 0.644. The van der Waals surface area contributed by atoms with Crippen molar-refractivity contribution in [1.82, 2.24) is 9.80 Å². The number of hydrogen-bond donors (Lipinski definition) is 0. The molecule has 0 N–H and O–H groups in total. The lowest BCUT2D eigenvalue weighted by molar-refractivity contribution is -0.133. The molecule has 2 aromatic carbocycles. The lowest BCUT2D eigenvalue weighted by Gasteiger charge is -2.28. The summed E-state index contributed by atoms with van der Waals surface area (Å²) in [5.74, 6) is 0.174. The van der Waals surface area contributed by atoms with E-state index in [9.17, 15) is 9.59 Å². The number of thiophene rings is 1. The van der Waals surface area contributed by atoms with Gasteiger partial charge < -0.3 is 19.3 Å². The number of rotatable bonds is 13. The molecule has 0 aliphatic rings. The van der Waals surface area contributed by atoms with E-state index in [1.54, 1.807) is 41.5 Å². The molecular formula is C28H34N2O4S. The number of ether oxygens (including phenoxy) is 2. The third kappa shape index (κ3) is 7.94. The van der Waals surface area contributed by atoms with E-state index in [-0.39, 0.29) is 18.4 Å². The molecule has 0 saturated heterocycles. The predicted octanol–water partition coefficient (Wildman–Crippen LogP) is 5.16. The Bertz CT molecular complexity index is 1080. The lowest BCUT2D eigenvalue weighted by atomic mass is 10.1. The quantitative estimate of drug-likeness (QED) is 0.308. The molecule has 0 fully saturated rings. The van der Waals surface area contributed by atoms with Crippen molar-refractivity contribution in [2.24, 2.45) is 0 Å². The zero-order valence-corrected chi connectivity index (χ0v) is 21.6. The van der Waals surface area contributed by atoms with Crippen LogP contribution >= 0.6 is 11.3 Å². The number of methoxy groups -OCH3 is 1. The van der Waals surface area contributed by atoms with Crippen LogP contribution in [0.1, 0.15) is 39.0 Å². The zero-order chi connectivity index (χ0) is 25.0. The zero-order valence-electron chi connectivity index (χ0n) is 20.7. The average molecular weight is 495 g/mol. The van der Waals surface area contributed by atoms with E-state index in [2.05, 4.69) is 19.1 Å². The molecule has 6 nitrogen and oxygen atoms in total.